The predicted molar refractivity (Wildman–Crippen MR) is 45.6 cm³/mol. The Balaban J connectivity index is 2.55. The fourth-order valence-corrected chi connectivity index (χ4v) is 1.74. The molecule has 1 N–H and O–H groups in total. The number of hydrogen-bond donors (Lipinski definition) is 1. The molecular formula is C9H8F2N2O2. The minimum Gasteiger partial charge on any atom is -0.480 e. The highest BCUT2D eigenvalue weighted by Gasteiger charge is 2.78. The van der Waals surface area contributed by atoms with Crippen LogP contribution in [0.3, 0.4) is 0 Å². The van der Waals surface area contributed by atoms with Gasteiger partial charge in [0.25, 0.3) is 5.92 Å². The molecule has 2 rings (SSSR count). The Morgan fingerprint density at radius 3 is 2.60 bits per heavy atom. The number of aliphatic carboxylic acids is 1. The summed E-state index contributed by atoms with van der Waals surface area (Å²) >= 11 is 0. The van der Waals surface area contributed by atoms with Gasteiger partial charge in [-0.2, -0.15) is 0 Å². The minimum atomic E-state index is -3.20. The van der Waals surface area contributed by atoms with E-state index in [9.17, 15) is 13.6 Å². The highest BCUT2D eigenvalue weighted by molar-refractivity contribution is 5.87. The molecule has 0 aliphatic heterocycles. The van der Waals surface area contributed by atoms with Crippen molar-refractivity contribution in [3.63, 3.8) is 0 Å². The zero-order valence-electron chi connectivity index (χ0n) is 7.87. The molecule has 1 heterocycles. The van der Waals surface area contributed by atoms with Gasteiger partial charge in [-0.3, -0.25) is 4.79 Å². The molecule has 1 fully saturated rings. The smallest absolute Gasteiger partial charge is 0.320 e. The van der Waals surface area contributed by atoms with Gasteiger partial charge < -0.3 is 5.11 Å². The van der Waals surface area contributed by atoms with Gasteiger partial charge in [0.15, 0.2) is 5.41 Å². The van der Waals surface area contributed by atoms with Crippen molar-refractivity contribution in [2.24, 2.45) is 0 Å². The molecule has 0 saturated heterocycles. The summed E-state index contributed by atoms with van der Waals surface area (Å²) in [5.74, 6) is -4.72. The molecule has 1 atom stereocenters. The zero-order valence-corrected chi connectivity index (χ0v) is 7.87. The number of aromatic nitrogens is 2. The van der Waals surface area contributed by atoms with Crippen molar-refractivity contribution in [3.8, 4) is 0 Å². The summed E-state index contributed by atoms with van der Waals surface area (Å²) in [7, 11) is 0. The second kappa shape index (κ2) is 2.71. The van der Waals surface area contributed by atoms with E-state index < -0.39 is 23.7 Å². The summed E-state index contributed by atoms with van der Waals surface area (Å²) in [5, 5.41) is 8.88. The monoisotopic (exact) mass is 214 g/mol. The second-order valence-electron chi connectivity index (χ2n) is 3.61. The van der Waals surface area contributed by atoms with Crippen molar-refractivity contribution < 1.29 is 18.7 Å². The number of carboxylic acid groups (broad SMARTS) is 1. The van der Waals surface area contributed by atoms with Crippen LogP contribution >= 0.6 is 0 Å². The fourth-order valence-electron chi connectivity index (χ4n) is 1.74. The lowest BCUT2D eigenvalue weighted by atomic mass is 9.95. The maximum atomic E-state index is 13.1. The standard InChI is InChI=1S/C9H8F2N2O2/c1-5-6(2-12-4-13-5)8(7(14)15)3-9(8,10)11/h2,4H,3H2,1H3,(H,14,15). The Labute approximate surface area is 84.0 Å². The van der Waals surface area contributed by atoms with Crippen molar-refractivity contribution in [3.05, 3.63) is 23.8 Å². The van der Waals surface area contributed by atoms with Gasteiger partial charge in [0.05, 0.1) is 0 Å². The molecule has 1 aromatic heterocycles. The quantitative estimate of drug-likeness (QED) is 0.801. The van der Waals surface area contributed by atoms with Crippen LogP contribution < -0.4 is 0 Å². The Hall–Kier alpha value is -1.59. The van der Waals surface area contributed by atoms with Crippen LogP contribution in [-0.2, 0) is 10.2 Å². The van der Waals surface area contributed by atoms with E-state index >= 15 is 0 Å². The van der Waals surface area contributed by atoms with Crippen LogP contribution in [0.15, 0.2) is 12.5 Å². The van der Waals surface area contributed by atoms with E-state index in [4.69, 9.17) is 5.11 Å². The minimum absolute atomic E-state index is 0.00231. The normalized spacial score (nSPS) is 27.4. The molecule has 0 spiro atoms. The molecular weight excluding hydrogens is 206 g/mol. The van der Waals surface area contributed by atoms with Gasteiger partial charge in [0.2, 0.25) is 0 Å². The summed E-state index contributed by atoms with van der Waals surface area (Å²) in [6.45, 7) is 1.50. The van der Waals surface area contributed by atoms with Crippen molar-refractivity contribution >= 4 is 5.97 Å². The molecule has 1 unspecified atom stereocenters. The van der Waals surface area contributed by atoms with Crippen molar-refractivity contribution in [2.45, 2.75) is 24.7 Å². The van der Waals surface area contributed by atoms with Crippen molar-refractivity contribution in [2.75, 3.05) is 0 Å². The summed E-state index contributed by atoms with van der Waals surface area (Å²) in [6.07, 6.45) is 1.68. The van der Waals surface area contributed by atoms with E-state index in [1.165, 1.54) is 13.3 Å². The lowest BCUT2D eigenvalue weighted by molar-refractivity contribution is -0.143. The third-order valence-electron chi connectivity index (χ3n) is 2.72. The van der Waals surface area contributed by atoms with Gasteiger partial charge in [-0.1, -0.05) is 0 Å². The number of hydrogen-bond acceptors (Lipinski definition) is 3. The van der Waals surface area contributed by atoms with E-state index in [1.54, 1.807) is 0 Å². The topological polar surface area (TPSA) is 63.1 Å². The number of alkyl halides is 2. The van der Waals surface area contributed by atoms with Crippen LogP contribution in [0.5, 0.6) is 0 Å². The van der Waals surface area contributed by atoms with E-state index in [0.717, 1.165) is 6.20 Å². The Bertz CT molecular complexity index is 436. The molecule has 0 aromatic carbocycles. The van der Waals surface area contributed by atoms with Crippen LogP contribution in [0.4, 0.5) is 8.78 Å². The first kappa shape index (κ1) is 9.95. The zero-order chi connectivity index (χ0) is 11.3. The SMILES string of the molecule is Cc1ncncc1C1(C(=O)O)CC1(F)F. The highest BCUT2D eigenvalue weighted by Crippen LogP contribution is 2.61. The number of carboxylic acids is 1. The highest BCUT2D eigenvalue weighted by atomic mass is 19.3. The number of rotatable bonds is 2. The first-order valence-electron chi connectivity index (χ1n) is 4.30. The second-order valence-corrected chi connectivity index (χ2v) is 3.61. The van der Waals surface area contributed by atoms with Crippen molar-refractivity contribution in [1.29, 1.82) is 0 Å². The largest absolute Gasteiger partial charge is 0.480 e. The lowest BCUT2D eigenvalue weighted by Gasteiger charge is -2.12. The molecule has 4 nitrogen and oxygen atoms in total. The molecule has 0 radical (unpaired) electrons. The fraction of sp³-hybridized carbons (Fsp3) is 0.444. The summed E-state index contributed by atoms with van der Waals surface area (Å²) in [6, 6.07) is 0. The third kappa shape index (κ3) is 1.14. The molecule has 1 saturated carbocycles. The number of halogens is 2. The van der Waals surface area contributed by atoms with E-state index in [1.807, 2.05) is 0 Å². The molecule has 6 heteroatoms. The van der Waals surface area contributed by atoms with Crippen LogP contribution in [0.25, 0.3) is 0 Å². The molecule has 1 aromatic rings. The van der Waals surface area contributed by atoms with E-state index in [-0.39, 0.29) is 11.3 Å². The van der Waals surface area contributed by atoms with Crippen LogP contribution in [0, 0.1) is 6.92 Å². The molecule has 1 aliphatic rings. The summed E-state index contributed by atoms with van der Waals surface area (Å²) in [5.41, 5.74) is -1.83. The third-order valence-corrected chi connectivity index (χ3v) is 2.72. The number of carbonyl (C=O) groups is 1. The first-order chi connectivity index (χ1) is 6.92. The van der Waals surface area contributed by atoms with Crippen LogP contribution in [-0.4, -0.2) is 27.0 Å². The molecule has 0 bridgehead atoms. The van der Waals surface area contributed by atoms with Gasteiger partial charge in [-0.25, -0.2) is 18.7 Å². The molecule has 1 aliphatic carbocycles. The average Bonchev–Trinajstić information content (AvgIpc) is 2.71. The van der Waals surface area contributed by atoms with Crippen LogP contribution in [0.2, 0.25) is 0 Å². The molecule has 15 heavy (non-hydrogen) atoms. The lowest BCUT2D eigenvalue weighted by Crippen LogP contribution is -2.28. The van der Waals surface area contributed by atoms with E-state index in [2.05, 4.69) is 9.97 Å². The first-order valence-corrected chi connectivity index (χ1v) is 4.30. The number of aryl methyl sites for hydroxylation is 1. The summed E-state index contributed by atoms with van der Waals surface area (Å²) in [4.78, 5) is 18.2. The summed E-state index contributed by atoms with van der Waals surface area (Å²) < 4.78 is 26.3. The maximum absolute atomic E-state index is 13.1. The maximum Gasteiger partial charge on any atom is 0.320 e. The van der Waals surface area contributed by atoms with Crippen molar-refractivity contribution in [1.82, 2.24) is 9.97 Å². The van der Waals surface area contributed by atoms with Gasteiger partial charge >= 0.3 is 5.97 Å². The van der Waals surface area contributed by atoms with E-state index in [0.29, 0.717) is 0 Å². The predicted octanol–water partition coefficient (Wildman–Crippen LogP) is 1.15. The van der Waals surface area contributed by atoms with Gasteiger partial charge in [-0.05, 0) is 6.92 Å². The van der Waals surface area contributed by atoms with Gasteiger partial charge in [0.1, 0.15) is 6.33 Å². The Kier molecular flexibility index (Phi) is 1.80. The van der Waals surface area contributed by atoms with Crippen LogP contribution in [0.1, 0.15) is 17.7 Å². The Morgan fingerprint density at radius 1 is 1.60 bits per heavy atom. The molecule has 0 amide bonds. The Morgan fingerprint density at radius 2 is 2.20 bits per heavy atom. The van der Waals surface area contributed by atoms with Gasteiger partial charge in [0, 0.05) is 23.9 Å². The average molecular weight is 214 g/mol. The van der Waals surface area contributed by atoms with Gasteiger partial charge in [-0.15, -0.1) is 0 Å². The molecule has 80 valence electrons. The number of nitrogens with zero attached hydrogens (tertiary/aromatic N) is 2.